The highest BCUT2D eigenvalue weighted by molar-refractivity contribution is 5.75. The number of nitrogens with one attached hydrogen (secondary N) is 1. The van der Waals surface area contributed by atoms with Crippen LogP contribution in [0.3, 0.4) is 0 Å². The van der Waals surface area contributed by atoms with Crippen LogP contribution in [-0.2, 0) is 0 Å². The Kier molecular flexibility index (Phi) is 3.61. The molecular formula is C13H25N3O. The molecule has 0 saturated carbocycles. The summed E-state index contributed by atoms with van der Waals surface area (Å²) in [5.41, 5.74) is -0.138. The first-order valence-corrected chi connectivity index (χ1v) is 6.77. The topological polar surface area (TPSA) is 35.6 Å². The van der Waals surface area contributed by atoms with Crippen LogP contribution < -0.4 is 5.32 Å². The molecule has 0 aromatic rings. The maximum Gasteiger partial charge on any atom is 0.317 e. The van der Waals surface area contributed by atoms with E-state index < -0.39 is 0 Å². The number of carbonyl (C=O) groups is 1. The van der Waals surface area contributed by atoms with Crippen LogP contribution >= 0.6 is 0 Å². The molecule has 2 heterocycles. The molecule has 0 aliphatic carbocycles. The SMILES string of the molecule is CC(C)(C)NC(=O)N1CCN2CCCCC2C1. The van der Waals surface area contributed by atoms with Crippen molar-refractivity contribution in [2.24, 2.45) is 0 Å². The molecule has 2 aliphatic rings. The Bertz CT molecular complexity index is 285. The summed E-state index contributed by atoms with van der Waals surface area (Å²) >= 11 is 0. The van der Waals surface area contributed by atoms with E-state index in [1.54, 1.807) is 0 Å². The summed E-state index contributed by atoms with van der Waals surface area (Å²) in [6.45, 7) is 10.1. The normalized spacial score (nSPS) is 26.5. The maximum absolute atomic E-state index is 12.1. The lowest BCUT2D eigenvalue weighted by Crippen LogP contribution is -2.59. The average molecular weight is 239 g/mol. The van der Waals surface area contributed by atoms with Gasteiger partial charge in [0.05, 0.1) is 0 Å². The molecule has 2 saturated heterocycles. The zero-order valence-electron chi connectivity index (χ0n) is 11.3. The zero-order valence-corrected chi connectivity index (χ0v) is 11.3. The molecule has 1 atom stereocenters. The Morgan fingerprint density at radius 1 is 1.18 bits per heavy atom. The lowest BCUT2D eigenvalue weighted by atomic mass is 9.99. The molecule has 98 valence electrons. The van der Waals surface area contributed by atoms with Gasteiger partial charge in [-0.05, 0) is 40.2 Å². The molecule has 0 aromatic carbocycles. The van der Waals surface area contributed by atoms with Crippen molar-refractivity contribution in [3.63, 3.8) is 0 Å². The van der Waals surface area contributed by atoms with Gasteiger partial charge in [0.25, 0.3) is 0 Å². The van der Waals surface area contributed by atoms with E-state index in [-0.39, 0.29) is 11.6 Å². The zero-order chi connectivity index (χ0) is 12.5. The molecule has 0 radical (unpaired) electrons. The van der Waals surface area contributed by atoms with E-state index in [2.05, 4.69) is 10.2 Å². The van der Waals surface area contributed by atoms with Crippen molar-refractivity contribution in [2.75, 3.05) is 26.2 Å². The second-order valence-electron chi connectivity index (χ2n) is 6.31. The van der Waals surface area contributed by atoms with Crippen LogP contribution in [0.25, 0.3) is 0 Å². The molecule has 0 spiro atoms. The minimum Gasteiger partial charge on any atom is -0.333 e. The van der Waals surface area contributed by atoms with Gasteiger partial charge in [0.15, 0.2) is 0 Å². The number of piperidine rings is 1. The molecule has 4 heteroatoms. The summed E-state index contributed by atoms with van der Waals surface area (Å²) in [6.07, 6.45) is 3.89. The molecule has 0 bridgehead atoms. The minimum atomic E-state index is -0.138. The highest BCUT2D eigenvalue weighted by Gasteiger charge is 2.31. The summed E-state index contributed by atoms with van der Waals surface area (Å²) in [4.78, 5) is 16.6. The van der Waals surface area contributed by atoms with Gasteiger partial charge in [-0.25, -0.2) is 4.79 Å². The second-order valence-corrected chi connectivity index (χ2v) is 6.31. The Labute approximate surface area is 104 Å². The number of rotatable bonds is 0. The first kappa shape index (κ1) is 12.7. The number of urea groups is 1. The monoisotopic (exact) mass is 239 g/mol. The molecule has 0 aromatic heterocycles. The first-order chi connectivity index (χ1) is 7.96. The Morgan fingerprint density at radius 3 is 2.65 bits per heavy atom. The highest BCUT2D eigenvalue weighted by Crippen LogP contribution is 2.21. The van der Waals surface area contributed by atoms with Crippen molar-refractivity contribution in [3.05, 3.63) is 0 Å². The third kappa shape index (κ3) is 3.35. The lowest BCUT2D eigenvalue weighted by molar-refractivity contribution is 0.0627. The van der Waals surface area contributed by atoms with E-state index in [9.17, 15) is 4.79 Å². The third-order valence-corrected chi connectivity index (χ3v) is 3.61. The fourth-order valence-electron chi connectivity index (χ4n) is 2.74. The largest absolute Gasteiger partial charge is 0.333 e. The van der Waals surface area contributed by atoms with Crippen molar-refractivity contribution in [1.29, 1.82) is 0 Å². The van der Waals surface area contributed by atoms with Gasteiger partial charge in [0.2, 0.25) is 0 Å². The van der Waals surface area contributed by atoms with Gasteiger partial charge in [-0.1, -0.05) is 6.42 Å². The molecule has 2 amide bonds. The van der Waals surface area contributed by atoms with Gasteiger partial charge in [0, 0.05) is 31.2 Å². The predicted octanol–water partition coefficient (Wildman–Crippen LogP) is 1.66. The van der Waals surface area contributed by atoms with Crippen molar-refractivity contribution >= 4 is 6.03 Å². The number of fused-ring (bicyclic) bond motifs is 1. The van der Waals surface area contributed by atoms with Crippen molar-refractivity contribution in [3.8, 4) is 0 Å². The van der Waals surface area contributed by atoms with Gasteiger partial charge < -0.3 is 10.2 Å². The Morgan fingerprint density at radius 2 is 1.94 bits per heavy atom. The summed E-state index contributed by atoms with van der Waals surface area (Å²) in [6, 6.07) is 0.700. The van der Waals surface area contributed by atoms with E-state index in [0.29, 0.717) is 6.04 Å². The number of hydrogen-bond acceptors (Lipinski definition) is 2. The molecule has 2 fully saturated rings. The quantitative estimate of drug-likeness (QED) is 0.698. The van der Waals surface area contributed by atoms with Gasteiger partial charge >= 0.3 is 6.03 Å². The summed E-state index contributed by atoms with van der Waals surface area (Å²) in [5.74, 6) is 0. The summed E-state index contributed by atoms with van der Waals surface area (Å²) in [7, 11) is 0. The number of hydrogen-bond donors (Lipinski definition) is 1. The molecule has 17 heavy (non-hydrogen) atoms. The van der Waals surface area contributed by atoms with Crippen LogP contribution in [0.1, 0.15) is 40.0 Å². The summed E-state index contributed by atoms with van der Waals surface area (Å²) in [5, 5.41) is 3.05. The lowest BCUT2D eigenvalue weighted by Gasteiger charge is -2.44. The molecule has 1 unspecified atom stereocenters. The standard InChI is InChI=1S/C13H25N3O/c1-13(2,3)14-12(17)16-9-8-15-7-5-4-6-11(15)10-16/h11H,4-10H2,1-3H3,(H,14,17). The van der Waals surface area contributed by atoms with Crippen molar-refractivity contribution in [2.45, 2.75) is 51.6 Å². The van der Waals surface area contributed by atoms with E-state index >= 15 is 0 Å². The molecule has 4 nitrogen and oxygen atoms in total. The number of piperazine rings is 1. The average Bonchev–Trinajstić information content (AvgIpc) is 2.26. The maximum atomic E-state index is 12.1. The Hall–Kier alpha value is -0.770. The van der Waals surface area contributed by atoms with Gasteiger partial charge in [-0.2, -0.15) is 0 Å². The highest BCUT2D eigenvalue weighted by atomic mass is 16.2. The first-order valence-electron chi connectivity index (χ1n) is 6.77. The molecule has 2 aliphatic heterocycles. The fourth-order valence-corrected chi connectivity index (χ4v) is 2.74. The van der Waals surface area contributed by atoms with Crippen LogP contribution in [0.4, 0.5) is 4.79 Å². The molecule has 1 N–H and O–H groups in total. The van der Waals surface area contributed by atoms with Crippen LogP contribution in [0, 0.1) is 0 Å². The Balaban J connectivity index is 1.89. The van der Waals surface area contributed by atoms with Gasteiger partial charge in [-0.15, -0.1) is 0 Å². The second kappa shape index (κ2) is 4.84. The molecule has 2 rings (SSSR count). The third-order valence-electron chi connectivity index (χ3n) is 3.61. The predicted molar refractivity (Wildman–Crippen MR) is 69.1 cm³/mol. The van der Waals surface area contributed by atoms with E-state index in [1.807, 2.05) is 25.7 Å². The fraction of sp³-hybridized carbons (Fsp3) is 0.923. The summed E-state index contributed by atoms with van der Waals surface area (Å²) < 4.78 is 0. The van der Waals surface area contributed by atoms with Gasteiger partial charge in [-0.3, -0.25) is 4.90 Å². The van der Waals surface area contributed by atoms with Crippen molar-refractivity contribution in [1.82, 2.24) is 15.1 Å². The molecular weight excluding hydrogens is 214 g/mol. The smallest absolute Gasteiger partial charge is 0.317 e. The number of nitrogens with zero attached hydrogens (tertiary/aromatic N) is 2. The van der Waals surface area contributed by atoms with E-state index in [0.717, 1.165) is 19.6 Å². The number of amides is 2. The van der Waals surface area contributed by atoms with Crippen LogP contribution in [0.15, 0.2) is 0 Å². The van der Waals surface area contributed by atoms with Gasteiger partial charge in [0.1, 0.15) is 0 Å². The van der Waals surface area contributed by atoms with Crippen LogP contribution in [0.2, 0.25) is 0 Å². The van der Waals surface area contributed by atoms with Crippen molar-refractivity contribution < 1.29 is 4.79 Å². The van der Waals surface area contributed by atoms with E-state index in [4.69, 9.17) is 0 Å². The van der Waals surface area contributed by atoms with E-state index in [1.165, 1.54) is 25.8 Å². The minimum absolute atomic E-state index is 0.0997. The number of carbonyl (C=O) groups excluding carboxylic acids is 1. The van der Waals surface area contributed by atoms with Crippen LogP contribution in [0.5, 0.6) is 0 Å². The van der Waals surface area contributed by atoms with Crippen LogP contribution in [-0.4, -0.2) is 53.6 Å².